The third-order valence-corrected chi connectivity index (χ3v) is 1.72. The number of rotatable bonds is 1. The maximum Gasteiger partial charge on any atom is 0.249 e. The van der Waals surface area contributed by atoms with Gasteiger partial charge in [0.25, 0.3) is 0 Å². The third-order valence-electron chi connectivity index (χ3n) is 1.72. The summed E-state index contributed by atoms with van der Waals surface area (Å²) in [5.41, 5.74) is 0.537. The van der Waals surface area contributed by atoms with Crippen molar-refractivity contribution in [2.75, 3.05) is 0 Å². The lowest BCUT2D eigenvalue weighted by atomic mass is 10.2. The van der Waals surface area contributed by atoms with Crippen molar-refractivity contribution in [3.05, 3.63) is 40.3 Å². The van der Waals surface area contributed by atoms with E-state index in [-0.39, 0.29) is 5.56 Å². The Balaban J connectivity index is 2.82. The van der Waals surface area contributed by atoms with Gasteiger partial charge in [0.2, 0.25) is 5.56 Å². The van der Waals surface area contributed by atoms with Crippen LogP contribution in [0.2, 0.25) is 0 Å². The van der Waals surface area contributed by atoms with Crippen LogP contribution in [0.25, 0.3) is 11.0 Å². The summed E-state index contributed by atoms with van der Waals surface area (Å²) in [6, 6.07) is 6.43. The first-order valence-corrected chi connectivity index (χ1v) is 3.75. The van der Waals surface area contributed by atoms with E-state index in [1.807, 2.05) is 0 Å². The maximum absolute atomic E-state index is 10.9. The van der Waals surface area contributed by atoms with Crippen LogP contribution in [-0.2, 0) is 0 Å². The summed E-state index contributed by atoms with van der Waals surface area (Å²) in [4.78, 5) is 27.7. The van der Waals surface area contributed by atoms with Crippen molar-refractivity contribution in [1.29, 1.82) is 0 Å². The number of aromatic nitrogens is 2. The van der Waals surface area contributed by atoms with Crippen LogP contribution in [0.5, 0.6) is 0 Å². The van der Waals surface area contributed by atoms with Gasteiger partial charge in [0.05, 0.1) is 0 Å². The highest BCUT2D eigenvalue weighted by Gasteiger charge is 1.96. The molecule has 13 heavy (non-hydrogen) atoms. The van der Waals surface area contributed by atoms with E-state index in [4.69, 9.17) is 0 Å². The molecule has 2 aromatic rings. The molecule has 64 valence electrons. The van der Waals surface area contributed by atoms with E-state index < -0.39 is 0 Å². The predicted octanol–water partition coefficient (Wildman–Crippen LogP) is 0.736. The average molecular weight is 174 g/mol. The molecule has 2 aromatic heterocycles. The zero-order valence-corrected chi connectivity index (χ0v) is 6.65. The quantitative estimate of drug-likeness (QED) is 0.648. The van der Waals surface area contributed by atoms with Crippen molar-refractivity contribution >= 4 is 17.3 Å². The highest BCUT2D eigenvalue weighted by Crippen LogP contribution is 2.05. The molecule has 0 bridgehead atoms. The van der Waals surface area contributed by atoms with Crippen LogP contribution in [0.3, 0.4) is 0 Å². The molecule has 0 radical (unpaired) electrons. The van der Waals surface area contributed by atoms with Crippen molar-refractivity contribution in [3.8, 4) is 0 Å². The van der Waals surface area contributed by atoms with Crippen LogP contribution in [0.4, 0.5) is 0 Å². The van der Waals surface area contributed by atoms with Gasteiger partial charge < -0.3 is 4.98 Å². The summed E-state index contributed by atoms with van der Waals surface area (Å²) in [5, 5.41) is 0.810. The second-order valence-corrected chi connectivity index (χ2v) is 2.61. The van der Waals surface area contributed by atoms with Crippen molar-refractivity contribution < 1.29 is 4.79 Å². The molecule has 4 nitrogen and oxygen atoms in total. The van der Waals surface area contributed by atoms with Crippen LogP contribution in [0.15, 0.2) is 29.1 Å². The van der Waals surface area contributed by atoms with E-state index >= 15 is 0 Å². The fourth-order valence-electron chi connectivity index (χ4n) is 1.11. The van der Waals surface area contributed by atoms with Gasteiger partial charge in [-0.05, 0) is 18.2 Å². The summed E-state index contributed by atoms with van der Waals surface area (Å²) in [6.07, 6.45) is 0.644. The van der Waals surface area contributed by atoms with Gasteiger partial charge >= 0.3 is 0 Å². The SMILES string of the molecule is O=Cc1ccc2ccc(=O)[nH]c2n1. The van der Waals surface area contributed by atoms with E-state index in [1.165, 1.54) is 6.07 Å². The van der Waals surface area contributed by atoms with E-state index in [0.717, 1.165) is 5.39 Å². The number of hydrogen-bond acceptors (Lipinski definition) is 3. The summed E-state index contributed by atoms with van der Waals surface area (Å²) < 4.78 is 0. The van der Waals surface area contributed by atoms with Gasteiger partial charge in [-0.25, -0.2) is 4.98 Å². The molecule has 0 atom stereocenters. The van der Waals surface area contributed by atoms with Gasteiger partial charge in [-0.1, -0.05) is 0 Å². The first-order valence-electron chi connectivity index (χ1n) is 3.75. The molecule has 4 heteroatoms. The minimum absolute atomic E-state index is 0.219. The number of aldehydes is 1. The first kappa shape index (κ1) is 7.67. The summed E-state index contributed by atoms with van der Waals surface area (Å²) in [6.45, 7) is 0. The molecule has 0 aliphatic rings. The Morgan fingerprint density at radius 3 is 2.77 bits per heavy atom. The van der Waals surface area contributed by atoms with Crippen LogP contribution in [-0.4, -0.2) is 16.3 Å². The number of fused-ring (bicyclic) bond motifs is 1. The Morgan fingerprint density at radius 1 is 1.23 bits per heavy atom. The van der Waals surface area contributed by atoms with Crippen LogP contribution in [0, 0.1) is 0 Å². The highest BCUT2D eigenvalue weighted by atomic mass is 16.1. The van der Waals surface area contributed by atoms with Crippen molar-refractivity contribution in [2.24, 2.45) is 0 Å². The van der Waals surface area contributed by atoms with Crippen LogP contribution < -0.4 is 5.56 Å². The second kappa shape index (κ2) is 2.82. The third kappa shape index (κ3) is 1.33. The van der Waals surface area contributed by atoms with Gasteiger partial charge in [-0.2, -0.15) is 0 Å². The molecule has 0 aliphatic heterocycles. The number of carbonyl (C=O) groups excluding carboxylic acids is 1. The van der Waals surface area contributed by atoms with Crippen LogP contribution >= 0.6 is 0 Å². The minimum Gasteiger partial charge on any atom is -0.307 e. The van der Waals surface area contributed by atoms with E-state index in [9.17, 15) is 9.59 Å². The van der Waals surface area contributed by atoms with Crippen LogP contribution in [0.1, 0.15) is 10.5 Å². The summed E-state index contributed by atoms with van der Waals surface area (Å²) in [5.74, 6) is 0. The largest absolute Gasteiger partial charge is 0.307 e. The number of aromatic amines is 1. The molecule has 0 saturated carbocycles. The van der Waals surface area contributed by atoms with E-state index in [2.05, 4.69) is 9.97 Å². The predicted molar refractivity (Wildman–Crippen MR) is 47.8 cm³/mol. The lowest BCUT2D eigenvalue weighted by Gasteiger charge is -1.95. The molecule has 0 fully saturated rings. The lowest BCUT2D eigenvalue weighted by molar-refractivity contribution is 0.111. The number of nitrogens with zero attached hydrogens (tertiary/aromatic N) is 1. The molecule has 0 unspecified atom stereocenters. The monoisotopic (exact) mass is 174 g/mol. The zero-order chi connectivity index (χ0) is 9.26. The van der Waals surface area contributed by atoms with E-state index in [0.29, 0.717) is 17.6 Å². The normalized spacial score (nSPS) is 10.2. The minimum atomic E-state index is -0.219. The number of carbonyl (C=O) groups is 1. The first-order chi connectivity index (χ1) is 6.29. The van der Waals surface area contributed by atoms with E-state index in [1.54, 1.807) is 18.2 Å². The lowest BCUT2D eigenvalue weighted by Crippen LogP contribution is -2.04. The molecule has 2 heterocycles. The Morgan fingerprint density at radius 2 is 2.00 bits per heavy atom. The Labute approximate surface area is 73.2 Å². The highest BCUT2D eigenvalue weighted by molar-refractivity contribution is 5.80. The topological polar surface area (TPSA) is 62.8 Å². The second-order valence-electron chi connectivity index (χ2n) is 2.61. The van der Waals surface area contributed by atoms with Gasteiger partial charge in [0, 0.05) is 11.5 Å². The molecular weight excluding hydrogens is 168 g/mol. The van der Waals surface area contributed by atoms with Crippen molar-refractivity contribution in [1.82, 2.24) is 9.97 Å². The smallest absolute Gasteiger partial charge is 0.249 e. The number of nitrogens with one attached hydrogen (secondary N) is 1. The number of H-pyrrole nitrogens is 1. The molecule has 2 rings (SSSR count). The fraction of sp³-hybridized carbons (Fsp3) is 0. The molecular formula is C9H6N2O2. The Kier molecular flexibility index (Phi) is 1.66. The number of pyridine rings is 2. The van der Waals surface area contributed by atoms with Gasteiger partial charge in [0.1, 0.15) is 11.3 Å². The van der Waals surface area contributed by atoms with Gasteiger partial charge in [-0.3, -0.25) is 9.59 Å². The zero-order valence-electron chi connectivity index (χ0n) is 6.65. The Hall–Kier alpha value is -1.97. The molecule has 0 spiro atoms. The average Bonchev–Trinajstić information content (AvgIpc) is 2.16. The molecule has 0 aromatic carbocycles. The summed E-state index contributed by atoms with van der Waals surface area (Å²) in [7, 11) is 0. The number of hydrogen-bond donors (Lipinski definition) is 1. The molecule has 1 N–H and O–H groups in total. The van der Waals surface area contributed by atoms with Gasteiger partial charge in [-0.15, -0.1) is 0 Å². The molecule has 0 saturated heterocycles. The summed E-state index contributed by atoms with van der Waals surface area (Å²) >= 11 is 0. The fourth-order valence-corrected chi connectivity index (χ4v) is 1.11. The molecule has 0 aliphatic carbocycles. The standard InChI is InChI=1S/C9H6N2O2/c12-5-7-3-1-6-2-4-8(13)11-9(6)10-7/h1-5H,(H,10,11,13). The Bertz CT molecular complexity index is 516. The van der Waals surface area contributed by atoms with Crippen molar-refractivity contribution in [3.63, 3.8) is 0 Å². The maximum atomic E-state index is 10.9. The van der Waals surface area contributed by atoms with Gasteiger partial charge in [0.15, 0.2) is 6.29 Å². The van der Waals surface area contributed by atoms with Crippen molar-refractivity contribution in [2.45, 2.75) is 0 Å². The molecule has 0 amide bonds.